The number of thioether (sulfide) groups is 1. The predicted molar refractivity (Wildman–Crippen MR) is 133 cm³/mol. The van der Waals surface area contributed by atoms with Gasteiger partial charge in [-0.15, -0.1) is 0 Å². The van der Waals surface area contributed by atoms with E-state index in [2.05, 4.69) is 72.8 Å². The first-order chi connectivity index (χ1) is 14.7. The largest absolute Gasteiger partial charge is 0.282 e. The summed E-state index contributed by atoms with van der Waals surface area (Å²) in [7, 11) is 0. The van der Waals surface area contributed by atoms with Crippen LogP contribution in [0.1, 0.15) is 6.92 Å². The predicted octanol–water partition coefficient (Wildman–Crippen LogP) is 5.49. The second-order valence-corrected chi connectivity index (χ2v) is 11.6. The van der Waals surface area contributed by atoms with Crippen molar-refractivity contribution >= 4 is 45.0 Å². The Bertz CT molecular complexity index is 1070. The smallest absolute Gasteiger partial charge is 0.220 e. The van der Waals surface area contributed by atoms with Gasteiger partial charge in [0.25, 0.3) is 0 Å². The minimum atomic E-state index is -2.29. The third-order valence-corrected chi connectivity index (χ3v) is 10.8. The molecule has 0 bridgehead atoms. The maximum Gasteiger partial charge on any atom is 0.220 e. The third-order valence-electron chi connectivity index (χ3n) is 5.18. The highest BCUT2D eigenvalue weighted by Crippen LogP contribution is 2.47. The zero-order valence-corrected chi connectivity index (χ0v) is 18.5. The molecule has 0 heterocycles. The first kappa shape index (κ1) is 20.5. The summed E-state index contributed by atoms with van der Waals surface area (Å²) in [5, 5.41) is 4.61. The highest BCUT2D eigenvalue weighted by Gasteiger charge is 2.30. The number of hydrogen-bond donors (Lipinski definition) is 0. The number of carbonyl (C=O) groups excluding carboxylic acids is 1. The number of carbonyl (C=O) groups is 1. The Morgan fingerprint density at radius 1 is 0.567 bits per heavy atom. The first-order valence-electron chi connectivity index (χ1n) is 9.90. The molecule has 4 rings (SSSR count). The van der Waals surface area contributed by atoms with Crippen LogP contribution in [-0.2, 0) is 4.79 Å². The quantitative estimate of drug-likeness (QED) is 0.310. The van der Waals surface area contributed by atoms with Crippen LogP contribution < -0.4 is 15.9 Å². The van der Waals surface area contributed by atoms with Crippen molar-refractivity contribution in [1.29, 1.82) is 0 Å². The molecule has 0 saturated heterocycles. The Morgan fingerprint density at radius 3 is 1.27 bits per heavy atom. The average Bonchev–Trinajstić information content (AvgIpc) is 2.82. The lowest BCUT2D eigenvalue weighted by molar-refractivity contribution is -0.105. The lowest BCUT2D eigenvalue weighted by Gasteiger charge is -2.31. The normalized spacial score (nSPS) is 11.1. The first-order valence-corrected chi connectivity index (χ1v) is 12.5. The monoisotopic (exact) mass is 426 g/mol. The molecule has 30 heavy (non-hydrogen) atoms. The van der Waals surface area contributed by atoms with Crippen molar-refractivity contribution in [1.82, 2.24) is 0 Å². The molecule has 0 atom stereocenters. The fourth-order valence-electron chi connectivity index (χ4n) is 3.79. The molecule has 0 aromatic heterocycles. The Morgan fingerprint density at radius 2 is 0.900 bits per heavy atom. The van der Waals surface area contributed by atoms with Crippen molar-refractivity contribution in [3.05, 3.63) is 121 Å². The second kappa shape index (κ2) is 9.34. The molecular formula is C27H23OPS. The van der Waals surface area contributed by atoms with Crippen molar-refractivity contribution in [3.63, 3.8) is 0 Å². The van der Waals surface area contributed by atoms with E-state index in [0.717, 1.165) is 10.2 Å². The fourth-order valence-corrected chi connectivity index (χ4v) is 9.18. The standard InChI is InChI=1S/C27H23OPS/c1-22(27(28)30-26-20-12-5-13-21-26)29(23-14-6-2-7-15-23,24-16-8-3-9-17-24)25-18-10-4-11-19-25/h2-21H,1H3. The molecule has 3 heteroatoms. The number of benzene rings is 4. The topological polar surface area (TPSA) is 17.1 Å². The van der Waals surface area contributed by atoms with E-state index in [-0.39, 0.29) is 5.12 Å². The molecule has 0 N–H and O–H groups in total. The maximum absolute atomic E-state index is 13.6. The van der Waals surface area contributed by atoms with Gasteiger partial charge in [-0.25, -0.2) is 0 Å². The summed E-state index contributed by atoms with van der Waals surface area (Å²) in [6.45, 7) is -0.264. The Hall–Kier alpha value is -2.80. The summed E-state index contributed by atoms with van der Waals surface area (Å²) < 4.78 is 0. The van der Waals surface area contributed by atoms with E-state index >= 15 is 0 Å². The molecular weight excluding hydrogens is 403 g/mol. The SMILES string of the molecule is CC(C(=O)Sc1ccccc1)=P(c1ccccc1)(c1ccccc1)c1ccccc1. The van der Waals surface area contributed by atoms with Crippen molar-refractivity contribution in [2.45, 2.75) is 11.8 Å². The molecule has 0 saturated carbocycles. The van der Waals surface area contributed by atoms with Crippen molar-refractivity contribution in [2.24, 2.45) is 0 Å². The van der Waals surface area contributed by atoms with Gasteiger partial charge < -0.3 is 0 Å². The van der Waals surface area contributed by atoms with Gasteiger partial charge in [0.2, 0.25) is 5.12 Å². The van der Waals surface area contributed by atoms with Gasteiger partial charge in [-0.05, 0) is 53.6 Å². The van der Waals surface area contributed by atoms with E-state index < -0.39 is 6.89 Å². The van der Waals surface area contributed by atoms with E-state index in [1.54, 1.807) is 0 Å². The van der Waals surface area contributed by atoms with Crippen LogP contribution in [0, 0.1) is 0 Å². The van der Waals surface area contributed by atoms with Crippen LogP contribution in [0.3, 0.4) is 0 Å². The molecule has 0 spiro atoms. The van der Waals surface area contributed by atoms with Gasteiger partial charge in [-0.2, -0.15) is 0 Å². The zero-order chi connectivity index (χ0) is 20.8. The minimum Gasteiger partial charge on any atom is -0.282 e. The molecule has 4 aromatic rings. The third kappa shape index (κ3) is 3.94. The van der Waals surface area contributed by atoms with Crippen LogP contribution in [0.15, 0.2) is 126 Å². The summed E-state index contributed by atoms with van der Waals surface area (Å²) in [6, 6.07) is 41.4. The summed E-state index contributed by atoms with van der Waals surface area (Å²) in [6.07, 6.45) is 0. The summed E-state index contributed by atoms with van der Waals surface area (Å²) in [5.74, 6) is 0. The number of rotatable bonds is 5. The van der Waals surface area contributed by atoms with Gasteiger partial charge >= 0.3 is 0 Å². The molecule has 0 radical (unpaired) electrons. The minimum absolute atomic E-state index is 0.117. The van der Waals surface area contributed by atoms with Gasteiger partial charge in [-0.3, -0.25) is 4.79 Å². The van der Waals surface area contributed by atoms with E-state index in [4.69, 9.17) is 0 Å². The van der Waals surface area contributed by atoms with Gasteiger partial charge in [0.1, 0.15) is 0 Å². The molecule has 0 amide bonds. The van der Waals surface area contributed by atoms with Crippen LogP contribution in [-0.4, -0.2) is 10.4 Å². The lowest BCUT2D eigenvalue weighted by Crippen LogP contribution is -2.31. The van der Waals surface area contributed by atoms with Crippen LogP contribution in [0.5, 0.6) is 0 Å². The van der Waals surface area contributed by atoms with E-state index in [0.29, 0.717) is 0 Å². The van der Waals surface area contributed by atoms with Crippen molar-refractivity contribution < 1.29 is 4.79 Å². The molecule has 0 fully saturated rings. The van der Waals surface area contributed by atoms with Crippen LogP contribution in [0.25, 0.3) is 0 Å². The molecule has 0 aliphatic heterocycles. The zero-order valence-electron chi connectivity index (χ0n) is 16.8. The molecule has 4 aromatic carbocycles. The second-order valence-electron chi connectivity index (χ2n) is 6.97. The Balaban J connectivity index is 2.04. The molecule has 0 aliphatic carbocycles. The highest BCUT2D eigenvalue weighted by atomic mass is 32.2. The van der Waals surface area contributed by atoms with Crippen LogP contribution >= 0.6 is 18.6 Å². The molecule has 148 valence electrons. The van der Waals surface area contributed by atoms with Gasteiger partial charge in [0.05, 0.1) is 0 Å². The van der Waals surface area contributed by atoms with E-state index in [9.17, 15) is 4.79 Å². The van der Waals surface area contributed by atoms with Gasteiger partial charge in [-0.1, -0.05) is 109 Å². The highest BCUT2D eigenvalue weighted by molar-refractivity contribution is 8.17. The number of hydrogen-bond acceptors (Lipinski definition) is 2. The van der Waals surface area contributed by atoms with E-state index in [1.807, 2.05) is 55.5 Å². The van der Waals surface area contributed by atoms with Crippen molar-refractivity contribution in [3.8, 4) is 0 Å². The molecule has 0 unspecified atom stereocenters. The Kier molecular flexibility index (Phi) is 6.38. The Labute approximate surface area is 182 Å². The summed E-state index contributed by atoms with van der Waals surface area (Å²) in [5.41, 5.74) is 0. The summed E-state index contributed by atoms with van der Waals surface area (Å²) in [4.78, 5) is 14.6. The molecule has 1 nitrogen and oxygen atoms in total. The molecule has 0 aliphatic rings. The fraction of sp³-hybridized carbons (Fsp3) is 0.0370. The van der Waals surface area contributed by atoms with E-state index in [1.165, 1.54) is 27.7 Å². The summed E-state index contributed by atoms with van der Waals surface area (Å²) >= 11 is 1.31. The lowest BCUT2D eigenvalue weighted by atomic mass is 10.4. The van der Waals surface area contributed by atoms with Crippen LogP contribution in [0.4, 0.5) is 0 Å². The van der Waals surface area contributed by atoms with Gasteiger partial charge in [0, 0.05) is 10.2 Å². The maximum atomic E-state index is 13.6. The average molecular weight is 427 g/mol. The van der Waals surface area contributed by atoms with Crippen LogP contribution in [0.2, 0.25) is 0 Å². The van der Waals surface area contributed by atoms with Gasteiger partial charge in [0.15, 0.2) is 0 Å². The van der Waals surface area contributed by atoms with Crippen molar-refractivity contribution in [2.75, 3.05) is 0 Å².